The molecule has 102 valence electrons. The monoisotopic (exact) mass is 272 g/mol. The molecule has 0 heterocycles. The van der Waals surface area contributed by atoms with Gasteiger partial charge in [0.15, 0.2) is 0 Å². The Balaban J connectivity index is 2.34. The van der Waals surface area contributed by atoms with E-state index in [0.29, 0.717) is 5.69 Å². The molecule has 0 saturated heterocycles. The molecular formula is C14H12N2O4. The van der Waals surface area contributed by atoms with Crippen LogP contribution in [0.4, 0.5) is 11.4 Å². The Hall–Kier alpha value is -2.89. The predicted octanol–water partition coefficient (Wildman–Crippen LogP) is 2.86. The quantitative estimate of drug-likeness (QED) is 0.663. The zero-order valence-electron chi connectivity index (χ0n) is 10.7. The molecule has 0 aliphatic carbocycles. The number of hydrogen-bond acceptors (Lipinski definition) is 4. The van der Waals surface area contributed by atoms with E-state index in [1.165, 1.54) is 6.07 Å². The molecule has 0 radical (unpaired) electrons. The normalized spacial score (nSPS) is 10.1. The van der Waals surface area contributed by atoms with Crippen LogP contribution in [0.1, 0.15) is 15.9 Å². The van der Waals surface area contributed by atoms with Crippen LogP contribution in [0.5, 0.6) is 5.75 Å². The van der Waals surface area contributed by atoms with Crippen LogP contribution >= 0.6 is 0 Å². The van der Waals surface area contributed by atoms with E-state index in [4.69, 9.17) is 0 Å². The van der Waals surface area contributed by atoms with E-state index in [2.05, 4.69) is 5.32 Å². The summed E-state index contributed by atoms with van der Waals surface area (Å²) in [7, 11) is 0. The molecule has 20 heavy (non-hydrogen) atoms. The van der Waals surface area contributed by atoms with Crippen molar-refractivity contribution in [3.05, 3.63) is 63.7 Å². The van der Waals surface area contributed by atoms with E-state index in [0.717, 1.165) is 17.7 Å². The number of carbonyl (C=O) groups is 1. The molecule has 2 aromatic carbocycles. The van der Waals surface area contributed by atoms with Crippen molar-refractivity contribution in [2.45, 2.75) is 6.92 Å². The van der Waals surface area contributed by atoms with Crippen LogP contribution in [0.25, 0.3) is 0 Å². The topological polar surface area (TPSA) is 92.5 Å². The standard InChI is InChI=1S/C14H12N2O4/c1-9-3-2-4-10(7-9)15-14(18)12-8-11(17)5-6-13(12)16(19)20/h2-8,17H,1H3,(H,15,18). The summed E-state index contributed by atoms with van der Waals surface area (Å²) < 4.78 is 0. The number of nitrogens with zero attached hydrogens (tertiary/aromatic N) is 1. The number of nitro groups is 1. The van der Waals surface area contributed by atoms with Crippen LogP contribution in [0.15, 0.2) is 42.5 Å². The van der Waals surface area contributed by atoms with Crippen LogP contribution in [0, 0.1) is 17.0 Å². The summed E-state index contributed by atoms with van der Waals surface area (Å²) >= 11 is 0. The molecule has 0 aliphatic rings. The Morgan fingerprint density at radius 3 is 2.65 bits per heavy atom. The molecule has 0 atom stereocenters. The van der Waals surface area contributed by atoms with Gasteiger partial charge in [-0.15, -0.1) is 0 Å². The van der Waals surface area contributed by atoms with Crippen LogP contribution in [-0.4, -0.2) is 15.9 Å². The van der Waals surface area contributed by atoms with Crippen molar-refractivity contribution in [2.24, 2.45) is 0 Å². The molecule has 6 heteroatoms. The fraction of sp³-hybridized carbons (Fsp3) is 0.0714. The van der Waals surface area contributed by atoms with Crippen molar-refractivity contribution in [3.63, 3.8) is 0 Å². The number of rotatable bonds is 3. The number of hydrogen-bond donors (Lipinski definition) is 2. The highest BCUT2D eigenvalue weighted by Gasteiger charge is 2.20. The molecule has 2 rings (SSSR count). The molecule has 0 spiro atoms. The van der Waals surface area contributed by atoms with Gasteiger partial charge in [-0.25, -0.2) is 0 Å². The number of benzene rings is 2. The van der Waals surface area contributed by atoms with Gasteiger partial charge in [0.25, 0.3) is 11.6 Å². The number of carbonyl (C=O) groups excluding carboxylic acids is 1. The van der Waals surface area contributed by atoms with E-state index >= 15 is 0 Å². The summed E-state index contributed by atoms with van der Waals surface area (Å²) in [6, 6.07) is 10.4. The number of nitro benzene ring substituents is 1. The third-order valence-electron chi connectivity index (χ3n) is 2.70. The fourth-order valence-corrected chi connectivity index (χ4v) is 1.79. The van der Waals surface area contributed by atoms with Crippen molar-refractivity contribution in [3.8, 4) is 5.75 Å². The molecule has 0 unspecified atom stereocenters. The molecule has 2 N–H and O–H groups in total. The summed E-state index contributed by atoms with van der Waals surface area (Å²) in [5, 5.41) is 22.8. The molecule has 6 nitrogen and oxygen atoms in total. The van der Waals surface area contributed by atoms with Gasteiger partial charge in [-0.2, -0.15) is 0 Å². The van der Waals surface area contributed by atoms with Crippen molar-refractivity contribution in [1.82, 2.24) is 0 Å². The lowest BCUT2D eigenvalue weighted by molar-refractivity contribution is -0.385. The molecule has 1 amide bonds. The van der Waals surface area contributed by atoms with Gasteiger partial charge in [-0.1, -0.05) is 12.1 Å². The summed E-state index contributed by atoms with van der Waals surface area (Å²) in [5.41, 5.74) is 0.949. The second-order valence-electron chi connectivity index (χ2n) is 4.28. The minimum atomic E-state index is -0.662. The number of phenols is 1. The largest absolute Gasteiger partial charge is 0.508 e. The summed E-state index contributed by atoms with van der Waals surface area (Å²) in [6.45, 7) is 1.87. The van der Waals surface area contributed by atoms with Crippen molar-refractivity contribution >= 4 is 17.3 Å². The summed E-state index contributed by atoms with van der Waals surface area (Å²) in [6.07, 6.45) is 0. The minimum Gasteiger partial charge on any atom is -0.508 e. The lowest BCUT2D eigenvalue weighted by Gasteiger charge is -2.07. The minimum absolute atomic E-state index is 0.184. The smallest absolute Gasteiger partial charge is 0.282 e. The zero-order chi connectivity index (χ0) is 14.7. The lowest BCUT2D eigenvalue weighted by atomic mass is 10.1. The van der Waals surface area contributed by atoms with Crippen molar-refractivity contribution in [1.29, 1.82) is 0 Å². The Labute approximate surface area is 114 Å². The number of phenolic OH excluding ortho intramolecular Hbond substituents is 1. The number of aromatic hydroxyl groups is 1. The van der Waals surface area contributed by atoms with Gasteiger partial charge >= 0.3 is 0 Å². The Morgan fingerprint density at radius 1 is 1.25 bits per heavy atom. The number of aryl methyl sites for hydroxylation is 1. The average Bonchev–Trinajstić information content (AvgIpc) is 2.38. The van der Waals surface area contributed by atoms with Gasteiger partial charge in [-0.3, -0.25) is 14.9 Å². The number of nitrogens with one attached hydrogen (secondary N) is 1. The van der Waals surface area contributed by atoms with Gasteiger partial charge < -0.3 is 10.4 Å². The van der Waals surface area contributed by atoms with Crippen molar-refractivity contribution in [2.75, 3.05) is 5.32 Å². The second-order valence-corrected chi connectivity index (χ2v) is 4.28. The highest BCUT2D eigenvalue weighted by atomic mass is 16.6. The van der Waals surface area contributed by atoms with Gasteiger partial charge in [0, 0.05) is 11.8 Å². The first-order valence-electron chi connectivity index (χ1n) is 5.83. The Morgan fingerprint density at radius 2 is 2.00 bits per heavy atom. The Kier molecular flexibility index (Phi) is 3.65. The molecule has 0 aliphatic heterocycles. The van der Waals surface area contributed by atoms with E-state index < -0.39 is 10.8 Å². The summed E-state index contributed by atoms with van der Waals surface area (Å²) in [5.74, 6) is -0.844. The lowest BCUT2D eigenvalue weighted by Crippen LogP contribution is -2.13. The zero-order valence-corrected chi connectivity index (χ0v) is 10.7. The van der Waals surface area contributed by atoms with Crippen LogP contribution in [-0.2, 0) is 0 Å². The van der Waals surface area contributed by atoms with Gasteiger partial charge in [-0.05, 0) is 36.8 Å². The van der Waals surface area contributed by atoms with Crippen LogP contribution in [0.3, 0.4) is 0 Å². The molecule has 0 bridgehead atoms. The first-order chi connectivity index (χ1) is 9.47. The van der Waals surface area contributed by atoms with Gasteiger partial charge in [0.05, 0.1) is 4.92 Å². The van der Waals surface area contributed by atoms with Gasteiger partial charge in [0.1, 0.15) is 11.3 Å². The van der Waals surface area contributed by atoms with E-state index in [1.54, 1.807) is 18.2 Å². The highest BCUT2D eigenvalue weighted by Crippen LogP contribution is 2.24. The van der Waals surface area contributed by atoms with Gasteiger partial charge in [0.2, 0.25) is 0 Å². The molecule has 0 saturated carbocycles. The predicted molar refractivity (Wildman–Crippen MR) is 73.9 cm³/mol. The second kappa shape index (κ2) is 5.40. The maximum Gasteiger partial charge on any atom is 0.282 e. The highest BCUT2D eigenvalue weighted by molar-refractivity contribution is 6.07. The maximum absolute atomic E-state index is 12.1. The fourth-order valence-electron chi connectivity index (χ4n) is 1.79. The number of anilines is 1. The number of amides is 1. The molecule has 2 aromatic rings. The summed E-state index contributed by atoms with van der Waals surface area (Å²) in [4.78, 5) is 22.3. The maximum atomic E-state index is 12.1. The van der Waals surface area contributed by atoms with E-state index in [1.807, 2.05) is 13.0 Å². The first kappa shape index (κ1) is 13.5. The third-order valence-corrected chi connectivity index (χ3v) is 2.70. The SMILES string of the molecule is Cc1cccc(NC(=O)c2cc(O)ccc2[N+](=O)[O-])c1. The third kappa shape index (κ3) is 2.92. The Bertz CT molecular complexity index is 683. The van der Waals surface area contributed by atoms with E-state index in [-0.39, 0.29) is 17.0 Å². The first-order valence-corrected chi connectivity index (χ1v) is 5.83. The van der Waals surface area contributed by atoms with Crippen molar-refractivity contribution < 1.29 is 14.8 Å². The molecule has 0 fully saturated rings. The van der Waals surface area contributed by atoms with E-state index in [9.17, 15) is 20.0 Å². The van der Waals surface area contributed by atoms with Crippen LogP contribution in [0.2, 0.25) is 0 Å². The molecular weight excluding hydrogens is 260 g/mol. The molecule has 0 aromatic heterocycles. The van der Waals surface area contributed by atoms with Crippen LogP contribution < -0.4 is 5.32 Å². The average molecular weight is 272 g/mol.